The number of hydrogen-bond donors (Lipinski definition) is 0. The number of aromatic nitrogens is 6. The Labute approximate surface area is 616 Å². The van der Waals surface area contributed by atoms with Crippen molar-refractivity contribution in [2.75, 3.05) is 58.3 Å². The Hall–Kier alpha value is -9.58. The number of carbonyl (C=O) groups excluding carboxylic acids is 2. The third-order valence-electron chi connectivity index (χ3n) is 20.0. The van der Waals surface area contributed by atoms with Gasteiger partial charge in [0.2, 0.25) is 0 Å². The molecule has 558 valence electrons. The van der Waals surface area contributed by atoms with Gasteiger partial charge >= 0.3 is 11.9 Å². The van der Waals surface area contributed by atoms with Crippen LogP contribution in [0.3, 0.4) is 0 Å². The van der Waals surface area contributed by atoms with Gasteiger partial charge in [-0.1, -0.05) is 168 Å². The number of aryl methyl sites for hydroxylation is 4. The molecule has 0 N–H and O–H groups in total. The van der Waals surface area contributed by atoms with E-state index in [0.29, 0.717) is 58.2 Å². The fourth-order valence-corrected chi connectivity index (χ4v) is 14.1. The van der Waals surface area contributed by atoms with Crippen LogP contribution in [0.4, 0.5) is 11.6 Å². The number of hydrogen-bond acceptors (Lipinski definition) is 15. The topological polar surface area (TPSA) is 191 Å². The van der Waals surface area contributed by atoms with Crippen molar-refractivity contribution in [2.24, 2.45) is 21.1 Å². The lowest BCUT2D eigenvalue weighted by Gasteiger charge is -2.32. The lowest BCUT2D eigenvalue weighted by atomic mass is 9.71. The van der Waals surface area contributed by atoms with Crippen LogP contribution in [0, 0.1) is 6.92 Å². The molecule has 104 heavy (non-hydrogen) atoms. The van der Waals surface area contributed by atoms with Crippen LogP contribution in [0.25, 0.3) is 66.5 Å². The first-order chi connectivity index (χ1) is 50.2. The minimum absolute atomic E-state index is 0.113. The fraction of sp³-hybridized carbons (Fsp3) is 0.465. The predicted octanol–water partition coefficient (Wildman–Crippen LogP) is 18.1. The molecule has 0 bridgehead atoms. The number of ether oxygens (including phenoxy) is 5. The van der Waals surface area contributed by atoms with Crippen LogP contribution < -0.4 is 40.7 Å². The summed E-state index contributed by atoms with van der Waals surface area (Å²) >= 11 is 0. The summed E-state index contributed by atoms with van der Waals surface area (Å²) in [5, 5.41) is 2.40. The molecule has 6 heterocycles. The van der Waals surface area contributed by atoms with E-state index in [1.165, 1.54) is 66.7 Å². The van der Waals surface area contributed by atoms with Crippen LogP contribution >= 0.6 is 0 Å². The van der Waals surface area contributed by atoms with E-state index >= 15 is 0 Å². The number of methoxy groups -OCH3 is 3. The molecule has 0 saturated carbocycles. The molecule has 0 saturated heterocycles. The van der Waals surface area contributed by atoms with Gasteiger partial charge in [-0.25, -0.2) is 15.0 Å². The first kappa shape index (κ1) is 81.7. The Morgan fingerprint density at radius 3 is 1.32 bits per heavy atom. The van der Waals surface area contributed by atoms with Crippen LogP contribution in [-0.2, 0) is 45.6 Å². The molecule has 18 nitrogen and oxygen atoms in total. The molecule has 0 fully saturated rings. The molecule has 0 spiro atoms. The van der Waals surface area contributed by atoms with Crippen LogP contribution in [0.15, 0.2) is 144 Å². The van der Waals surface area contributed by atoms with Gasteiger partial charge in [0.25, 0.3) is 16.7 Å². The average Bonchev–Trinajstić information content (AvgIpc) is 1.55. The summed E-state index contributed by atoms with van der Waals surface area (Å²) in [4.78, 5) is 82.5. The number of benzene rings is 2. The van der Waals surface area contributed by atoms with Crippen molar-refractivity contribution in [1.29, 1.82) is 0 Å². The maximum Gasteiger partial charge on any atom is 0.306 e. The van der Waals surface area contributed by atoms with Gasteiger partial charge in [-0.2, -0.15) is 0 Å². The number of fused-ring (bicyclic) bond motifs is 6. The molecule has 8 aromatic rings. The third kappa shape index (κ3) is 19.6. The maximum absolute atomic E-state index is 14.7. The quantitative estimate of drug-likeness (QED) is 0.0201. The van der Waals surface area contributed by atoms with Crippen LogP contribution in [0.2, 0.25) is 0 Å². The van der Waals surface area contributed by atoms with Crippen molar-refractivity contribution in [3.05, 3.63) is 177 Å². The van der Waals surface area contributed by atoms with E-state index in [9.17, 15) is 24.0 Å². The highest BCUT2D eigenvalue weighted by Gasteiger charge is 2.43. The van der Waals surface area contributed by atoms with Gasteiger partial charge in [-0.15, -0.1) is 0 Å². The van der Waals surface area contributed by atoms with Gasteiger partial charge in [0.1, 0.15) is 58.0 Å². The number of pyridine rings is 6. The van der Waals surface area contributed by atoms with E-state index in [0.717, 1.165) is 152 Å². The Balaban J connectivity index is 0.000000373. The molecule has 0 aliphatic heterocycles. The van der Waals surface area contributed by atoms with Crippen LogP contribution in [-0.4, -0.2) is 101 Å². The van der Waals surface area contributed by atoms with E-state index in [-0.39, 0.29) is 40.1 Å². The third-order valence-corrected chi connectivity index (χ3v) is 20.0. The molecule has 18 heteroatoms. The molecule has 9 rings (SSSR count). The van der Waals surface area contributed by atoms with Crippen molar-refractivity contribution >= 4 is 56.7 Å². The Kier molecular flexibility index (Phi) is 31.3. The lowest BCUT2D eigenvalue weighted by molar-refractivity contribution is -0.146. The predicted molar refractivity (Wildman–Crippen MR) is 427 cm³/mol. The first-order valence-electron chi connectivity index (χ1n) is 37.5. The average molecular weight is 1420 g/mol. The second-order valence-corrected chi connectivity index (χ2v) is 27.3. The molecule has 0 radical (unpaired) electrons. The standard InChI is InChI=1S/C59H74N6O6.C16H28O2.C11H12N2O2/c1-12-34-59(35-13-2)46-37-39(51-53(69-10)44-30-32-48(62(6)16-5)60-55(44)64(8)57(51)67)26-28-42(46)43-29-27-40(38-47(43)59)52-54(70-11)45-31-33-49(61-56(45)65(9)58(52)68)63(7)36-24-22-20-18-17-19-21-23-25-50(66)71-41(14-3)15-4;1-4-7-8-9-10-11-12-13-14-16(17)18-15(5-2)6-3;1-7-4-5-8-9(15-3)6-10(14)13(2)11(8)12-7/h14-15,26-33,37-38,41H,3-4,12-13,16-25,34-36H2,1-2,5-11H3;5-6,15H,2-4,7-14H2,1H3;4-6H,1-3H3. The van der Waals surface area contributed by atoms with E-state index in [1.54, 1.807) is 75.9 Å². The summed E-state index contributed by atoms with van der Waals surface area (Å²) in [6.07, 6.45) is 28.6. The van der Waals surface area contributed by atoms with Crippen molar-refractivity contribution in [1.82, 2.24) is 28.7 Å². The second kappa shape index (κ2) is 39.9. The Morgan fingerprint density at radius 1 is 0.490 bits per heavy atom. The highest BCUT2D eigenvalue weighted by Crippen LogP contribution is 2.56. The largest absolute Gasteiger partial charge is 0.496 e. The molecule has 2 aromatic carbocycles. The Bertz CT molecular complexity index is 4450. The number of rotatable bonds is 38. The van der Waals surface area contributed by atoms with Gasteiger partial charge in [-0.05, 0) is 152 Å². The molecule has 1 aliphatic carbocycles. The van der Waals surface area contributed by atoms with E-state index in [1.807, 2.05) is 67.4 Å². The summed E-state index contributed by atoms with van der Waals surface area (Å²) < 4.78 is 32.6. The van der Waals surface area contributed by atoms with Gasteiger partial charge in [0, 0.05) is 78.3 Å². The van der Waals surface area contributed by atoms with Gasteiger partial charge in [0.05, 0.1) is 48.6 Å². The van der Waals surface area contributed by atoms with Gasteiger partial charge in [-0.3, -0.25) is 37.7 Å². The highest BCUT2D eigenvalue weighted by molar-refractivity contribution is 5.95. The van der Waals surface area contributed by atoms with Crippen molar-refractivity contribution in [3.8, 4) is 50.6 Å². The van der Waals surface area contributed by atoms with E-state index in [4.69, 9.17) is 33.7 Å². The zero-order valence-corrected chi connectivity index (χ0v) is 64.4. The van der Waals surface area contributed by atoms with Crippen molar-refractivity contribution in [2.45, 2.75) is 193 Å². The molecule has 6 aromatic heterocycles. The van der Waals surface area contributed by atoms with Gasteiger partial charge in [0.15, 0.2) is 0 Å². The summed E-state index contributed by atoms with van der Waals surface area (Å²) in [6, 6.07) is 26.1. The Morgan fingerprint density at radius 2 is 0.904 bits per heavy atom. The van der Waals surface area contributed by atoms with Crippen molar-refractivity contribution in [3.63, 3.8) is 0 Å². The number of anilines is 2. The molecule has 0 unspecified atom stereocenters. The minimum Gasteiger partial charge on any atom is -0.496 e. The van der Waals surface area contributed by atoms with Crippen molar-refractivity contribution < 1.29 is 33.3 Å². The number of esters is 2. The number of nitrogens with zero attached hydrogens (tertiary/aromatic N) is 8. The maximum atomic E-state index is 14.7. The smallest absolute Gasteiger partial charge is 0.306 e. The molecular formula is C86H114N8O10. The fourth-order valence-electron chi connectivity index (χ4n) is 14.1. The second-order valence-electron chi connectivity index (χ2n) is 27.3. The van der Waals surface area contributed by atoms with Crippen LogP contribution in [0.1, 0.15) is 186 Å². The van der Waals surface area contributed by atoms with Crippen LogP contribution in [0.5, 0.6) is 17.2 Å². The van der Waals surface area contributed by atoms with E-state index in [2.05, 4.69) is 95.2 Å². The molecule has 1 aliphatic rings. The highest BCUT2D eigenvalue weighted by atomic mass is 16.5. The van der Waals surface area contributed by atoms with Gasteiger partial charge < -0.3 is 33.5 Å². The monoisotopic (exact) mass is 1420 g/mol. The molecular weight excluding hydrogens is 1300 g/mol. The molecule has 0 amide bonds. The number of carbonyl (C=O) groups is 2. The summed E-state index contributed by atoms with van der Waals surface area (Å²) in [5.74, 6) is 2.84. The molecule has 0 atom stereocenters. The minimum atomic E-state index is -0.418. The SMILES string of the molecule is C=CC(C=C)OC(=O)CCCCCCCCCC.C=CC(C=C)OC(=O)CCCCCCCCCCN(C)c1ccc2c(OC)c(-c3ccc4c(c3)C(CCC)(CCC)c3cc(-c5c(OC)c6ccc(N(C)CC)nc6n(C)c5=O)ccc3-4)c(=O)n(C)c2n1.COc1cc(=O)n(C)c2nc(C)ccc12. The zero-order valence-electron chi connectivity index (χ0n) is 64.4. The summed E-state index contributed by atoms with van der Waals surface area (Å²) in [6.45, 7) is 26.7. The first-order valence-corrected chi connectivity index (χ1v) is 37.5. The van der Waals surface area contributed by atoms with E-state index < -0.39 is 6.10 Å². The number of unbranched alkanes of at least 4 members (excludes halogenated alkanes) is 14. The summed E-state index contributed by atoms with van der Waals surface area (Å²) in [5.41, 5.74) is 9.10. The zero-order chi connectivity index (χ0) is 75.6. The summed E-state index contributed by atoms with van der Waals surface area (Å²) in [7, 11) is 14.1. The lowest BCUT2D eigenvalue weighted by Crippen LogP contribution is -2.26. The normalized spacial score (nSPS) is 11.9.